The molecule has 1 N–H and O–H groups in total. The van der Waals surface area contributed by atoms with Crippen LogP contribution < -0.4 is 10.1 Å². The number of aryl methyl sites for hydroxylation is 1. The van der Waals surface area contributed by atoms with Gasteiger partial charge in [-0.1, -0.05) is 66.4 Å². The van der Waals surface area contributed by atoms with Crippen LogP contribution in [0.15, 0.2) is 73.3 Å². The first-order chi connectivity index (χ1) is 14.2. The summed E-state index contributed by atoms with van der Waals surface area (Å²) in [6.45, 7) is 4.25. The van der Waals surface area contributed by atoms with Crippen LogP contribution in [0, 0.1) is 11.8 Å². The van der Waals surface area contributed by atoms with Gasteiger partial charge in [-0.25, -0.2) is 0 Å². The van der Waals surface area contributed by atoms with Gasteiger partial charge in [0.25, 0.3) is 5.91 Å². The minimum atomic E-state index is -0.214. The molecule has 1 aromatic heterocycles. The van der Waals surface area contributed by atoms with Gasteiger partial charge in [-0.05, 0) is 24.1 Å². The number of allylic oxidation sites excluding steroid dienone is 1. The van der Waals surface area contributed by atoms with Gasteiger partial charge in [-0.15, -0.1) is 6.58 Å². The molecule has 0 radical (unpaired) electrons. The Hall–Kier alpha value is -3.78. The van der Waals surface area contributed by atoms with Gasteiger partial charge in [-0.3, -0.25) is 9.48 Å². The number of ether oxygens (including phenoxy) is 1. The second kappa shape index (κ2) is 9.95. The molecule has 0 spiro atoms. The number of amides is 1. The number of hydrogen-bond donors (Lipinski definition) is 1. The molecule has 3 aromatic rings. The molecular weight excluding hydrogens is 362 g/mol. The highest BCUT2D eigenvalue weighted by Crippen LogP contribution is 2.19. The molecule has 0 saturated heterocycles. The van der Waals surface area contributed by atoms with Crippen LogP contribution in [0.2, 0.25) is 0 Å². The SMILES string of the molecule is C=CCc1ccccc1OCC#CCNC(=O)c1cc(-c2ccccc2)nn1C. The first kappa shape index (κ1) is 20.0. The number of carbonyl (C=O) groups is 1. The van der Waals surface area contributed by atoms with Crippen LogP contribution in [0.5, 0.6) is 5.75 Å². The largest absolute Gasteiger partial charge is 0.481 e. The van der Waals surface area contributed by atoms with Crippen molar-refractivity contribution < 1.29 is 9.53 Å². The molecule has 2 aromatic carbocycles. The van der Waals surface area contributed by atoms with E-state index in [1.165, 1.54) is 0 Å². The fraction of sp³-hybridized carbons (Fsp3) is 0.167. The van der Waals surface area contributed by atoms with Crippen LogP contribution in [0.1, 0.15) is 16.1 Å². The predicted octanol–water partition coefficient (Wildman–Crippen LogP) is 3.63. The molecule has 0 unspecified atom stereocenters. The predicted molar refractivity (Wildman–Crippen MR) is 115 cm³/mol. The van der Waals surface area contributed by atoms with Gasteiger partial charge in [0.15, 0.2) is 0 Å². The molecule has 0 bridgehead atoms. The highest BCUT2D eigenvalue weighted by atomic mass is 16.5. The molecule has 146 valence electrons. The topological polar surface area (TPSA) is 56.1 Å². The van der Waals surface area contributed by atoms with E-state index >= 15 is 0 Å². The van der Waals surface area contributed by atoms with Crippen molar-refractivity contribution in [1.82, 2.24) is 15.1 Å². The smallest absolute Gasteiger partial charge is 0.270 e. The van der Waals surface area contributed by atoms with E-state index in [0.717, 1.165) is 29.0 Å². The molecule has 1 heterocycles. The van der Waals surface area contributed by atoms with Crippen molar-refractivity contribution in [3.05, 3.63) is 84.6 Å². The first-order valence-electron chi connectivity index (χ1n) is 9.34. The molecule has 29 heavy (non-hydrogen) atoms. The van der Waals surface area contributed by atoms with Crippen molar-refractivity contribution in [2.45, 2.75) is 6.42 Å². The van der Waals surface area contributed by atoms with Crippen LogP contribution in [-0.2, 0) is 13.5 Å². The Labute approximate surface area is 171 Å². The maximum absolute atomic E-state index is 12.4. The van der Waals surface area contributed by atoms with E-state index < -0.39 is 0 Å². The molecule has 3 rings (SSSR count). The summed E-state index contributed by atoms with van der Waals surface area (Å²) in [4.78, 5) is 12.4. The summed E-state index contributed by atoms with van der Waals surface area (Å²) in [5.74, 6) is 6.42. The number of rotatable bonds is 7. The average Bonchev–Trinajstić information content (AvgIpc) is 3.14. The van der Waals surface area contributed by atoms with Gasteiger partial charge >= 0.3 is 0 Å². The summed E-state index contributed by atoms with van der Waals surface area (Å²) in [7, 11) is 1.75. The molecule has 1 amide bonds. The second-order valence-electron chi connectivity index (χ2n) is 6.33. The molecule has 0 atom stereocenters. The lowest BCUT2D eigenvalue weighted by Crippen LogP contribution is -2.25. The van der Waals surface area contributed by atoms with Crippen molar-refractivity contribution in [3.63, 3.8) is 0 Å². The Balaban J connectivity index is 1.51. The third-order valence-electron chi connectivity index (χ3n) is 4.28. The molecule has 5 heteroatoms. The Morgan fingerprint density at radius 3 is 2.72 bits per heavy atom. The number of para-hydroxylation sites is 1. The van der Waals surface area contributed by atoms with E-state index in [1.54, 1.807) is 17.8 Å². The van der Waals surface area contributed by atoms with Crippen molar-refractivity contribution in [2.75, 3.05) is 13.2 Å². The monoisotopic (exact) mass is 385 g/mol. The Kier molecular flexibility index (Phi) is 6.85. The lowest BCUT2D eigenvalue weighted by Gasteiger charge is -2.07. The second-order valence-corrected chi connectivity index (χ2v) is 6.33. The zero-order valence-corrected chi connectivity index (χ0v) is 16.4. The van der Waals surface area contributed by atoms with E-state index in [-0.39, 0.29) is 19.1 Å². The molecule has 0 aliphatic rings. The minimum Gasteiger partial charge on any atom is -0.481 e. The van der Waals surface area contributed by atoms with Crippen molar-refractivity contribution in [3.8, 4) is 28.8 Å². The lowest BCUT2D eigenvalue weighted by molar-refractivity contribution is 0.0949. The van der Waals surface area contributed by atoms with E-state index in [1.807, 2.05) is 60.7 Å². The van der Waals surface area contributed by atoms with Gasteiger partial charge in [0.05, 0.1) is 12.2 Å². The Morgan fingerprint density at radius 1 is 1.17 bits per heavy atom. The van der Waals surface area contributed by atoms with Gasteiger partial charge < -0.3 is 10.1 Å². The Bertz CT molecular complexity index is 1040. The van der Waals surface area contributed by atoms with Crippen LogP contribution in [0.25, 0.3) is 11.3 Å². The standard InChI is InChI=1S/C24H23N3O2/c1-3-11-20-14-7-8-15-23(20)29-17-10-9-16-25-24(28)22-18-21(26-27(22)2)19-12-5-4-6-13-19/h3-8,12-15,18H,1,11,16-17H2,2H3,(H,25,28). The number of nitrogens with one attached hydrogen (secondary N) is 1. The average molecular weight is 385 g/mol. The molecule has 0 fully saturated rings. The third kappa shape index (κ3) is 5.36. The number of aromatic nitrogens is 2. The third-order valence-corrected chi connectivity index (χ3v) is 4.28. The van der Waals surface area contributed by atoms with E-state index in [4.69, 9.17) is 4.74 Å². The lowest BCUT2D eigenvalue weighted by atomic mass is 10.1. The molecule has 0 aliphatic heterocycles. The van der Waals surface area contributed by atoms with Crippen LogP contribution in [0.4, 0.5) is 0 Å². The van der Waals surface area contributed by atoms with E-state index in [0.29, 0.717) is 5.69 Å². The van der Waals surface area contributed by atoms with E-state index in [2.05, 4.69) is 28.8 Å². The molecule has 0 aliphatic carbocycles. The summed E-state index contributed by atoms with van der Waals surface area (Å²) in [5, 5.41) is 7.20. The van der Waals surface area contributed by atoms with Crippen molar-refractivity contribution >= 4 is 5.91 Å². The summed E-state index contributed by atoms with van der Waals surface area (Å²) in [6.07, 6.45) is 2.58. The van der Waals surface area contributed by atoms with Crippen LogP contribution >= 0.6 is 0 Å². The molecular formula is C24H23N3O2. The quantitative estimate of drug-likeness (QED) is 0.499. The number of hydrogen-bond acceptors (Lipinski definition) is 3. The number of nitrogens with zero attached hydrogens (tertiary/aromatic N) is 2. The van der Waals surface area contributed by atoms with E-state index in [9.17, 15) is 4.79 Å². The number of benzene rings is 2. The van der Waals surface area contributed by atoms with Crippen LogP contribution in [0.3, 0.4) is 0 Å². The normalized spacial score (nSPS) is 9.97. The first-order valence-corrected chi connectivity index (χ1v) is 9.34. The molecule has 0 saturated carbocycles. The fourth-order valence-corrected chi connectivity index (χ4v) is 2.84. The number of carbonyl (C=O) groups excluding carboxylic acids is 1. The summed E-state index contributed by atoms with van der Waals surface area (Å²) < 4.78 is 7.28. The highest BCUT2D eigenvalue weighted by molar-refractivity contribution is 5.93. The van der Waals surface area contributed by atoms with Crippen LogP contribution in [-0.4, -0.2) is 28.8 Å². The molecule has 5 nitrogen and oxygen atoms in total. The minimum absolute atomic E-state index is 0.214. The van der Waals surface area contributed by atoms with Gasteiger partial charge in [-0.2, -0.15) is 5.10 Å². The summed E-state index contributed by atoms with van der Waals surface area (Å²) in [5.41, 5.74) is 3.29. The maximum atomic E-state index is 12.4. The maximum Gasteiger partial charge on any atom is 0.270 e. The van der Waals surface area contributed by atoms with Crippen molar-refractivity contribution in [1.29, 1.82) is 0 Å². The van der Waals surface area contributed by atoms with Gasteiger partial charge in [0, 0.05) is 12.6 Å². The summed E-state index contributed by atoms with van der Waals surface area (Å²) in [6, 6.07) is 19.3. The fourth-order valence-electron chi connectivity index (χ4n) is 2.84. The highest BCUT2D eigenvalue weighted by Gasteiger charge is 2.13. The van der Waals surface area contributed by atoms with Gasteiger partial charge in [0.1, 0.15) is 18.1 Å². The van der Waals surface area contributed by atoms with Crippen molar-refractivity contribution in [2.24, 2.45) is 7.05 Å². The zero-order chi connectivity index (χ0) is 20.5. The summed E-state index contributed by atoms with van der Waals surface area (Å²) >= 11 is 0. The zero-order valence-electron chi connectivity index (χ0n) is 16.4. The Morgan fingerprint density at radius 2 is 1.93 bits per heavy atom. The van der Waals surface area contributed by atoms with Gasteiger partial charge in [0.2, 0.25) is 0 Å².